The van der Waals surface area contributed by atoms with Gasteiger partial charge < -0.3 is 5.32 Å². The average molecular weight is 362 g/mol. The maximum atomic E-state index is 12.1. The number of rotatable bonds is 4. The van der Waals surface area contributed by atoms with Crippen molar-refractivity contribution in [2.75, 3.05) is 11.1 Å². The number of nitrogens with one attached hydrogen (secondary N) is 1. The highest BCUT2D eigenvalue weighted by Crippen LogP contribution is 2.33. The molecular weight excluding hydrogens is 349 g/mol. The van der Waals surface area contributed by atoms with Gasteiger partial charge in [0.1, 0.15) is 0 Å². The third kappa shape index (κ3) is 3.81. The van der Waals surface area contributed by atoms with E-state index in [0.29, 0.717) is 15.7 Å². The van der Waals surface area contributed by atoms with E-state index >= 15 is 0 Å². The van der Waals surface area contributed by atoms with Crippen molar-refractivity contribution in [2.45, 2.75) is 4.90 Å². The van der Waals surface area contributed by atoms with Crippen LogP contribution in [0.1, 0.15) is 0 Å². The van der Waals surface area contributed by atoms with Gasteiger partial charge in [-0.05, 0) is 29.7 Å². The maximum Gasteiger partial charge on any atom is 0.234 e. The SMILES string of the molecule is O=C(CSc1cccc2cccc(Cl)c12)Nc1ccccc1Cl. The zero-order valence-electron chi connectivity index (χ0n) is 12.1. The molecule has 23 heavy (non-hydrogen) atoms. The van der Waals surface area contributed by atoms with Gasteiger partial charge in [-0.3, -0.25) is 4.79 Å². The molecule has 0 aliphatic carbocycles. The summed E-state index contributed by atoms with van der Waals surface area (Å²) in [4.78, 5) is 13.1. The van der Waals surface area contributed by atoms with E-state index < -0.39 is 0 Å². The van der Waals surface area contributed by atoms with Gasteiger partial charge in [-0.1, -0.05) is 59.6 Å². The molecule has 116 valence electrons. The van der Waals surface area contributed by atoms with Gasteiger partial charge in [0.05, 0.1) is 16.5 Å². The van der Waals surface area contributed by atoms with Gasteiger partial charge in [-0.15, -0.1) is 11.8 Å². The first-order chi connectivity index (χ1) is 11.1. The molecule has 0 atom stereocenters. The Balaban J connectivity index is 1.74. The van der Waals surface area contributed by atoms with E-state index in [9.17, 15) is 4.79 Å². The number of amides is 1. The lowest BCUT2D eigenvalue weighted by Crippen LogP contribution is -2.14. The molecule has 0 unspecified atom stereocenters. The summed E-state index contributed by atoms with van der Waals surface area (Å²) in [5, 5.41) is 6.08. The van der Waals surface area contributed by atoms with Crippen molar-refractivity contribution in [1.29, 1.82) is 0 Å². The summed E-state index contributed by atoms with van der Waals surface area (Å²) in [5.74, 6) is 0.183. The Kier molecular flexibility index (Phi) is 5.11. The van der Waals surface area contributed by atoms with Crippen LogP contribution in [0.5, 0.6) is 0 Å². The number of thioether (sulfide) groups is 1. The molecule has 3 rings (SSSR count). The van der Waals surface area contributed by atoms with Crippen LogP contribution in [0.15, 0.2) is 65.6 Å². The minimum absolute atomic E-state index is 0.104. The second kappa shape index (κ2) is 7.26. The van der Waals surface area contributed by atoms with Gasteiger partial charge >= 0.3 is 0 Å². The van der Waals surface area contributed by atoms with Crippen LogP contribution in [0.3, 0.4) is 0 Å². The summed E-state index contributed by atoms with van der Waals surface area (Å²) in [6.45, 7) is 0. The van der Waals surface area contributed by atoms with Gasteiger partial charge in [0.25, 0.3) is 0 Å². The van der Waals surface area contributed by atoms with E-state index in [1.165, 1.54) is 11.8 Å². The molecule has 3 aromatic rings. The highest BCUT2D eigenvalue weighted by Gasteiger charge is 2.09. The van der Waals surface area contributed by atoms with Crippen LogP contribution in [-0.4, -0.2) is 11.7 Å². The molecule has 0 fully saturated rings. The third-order valence-corrected chi connectivity index (χ3v) is 5.02. The van der Waals surface area contributed by atoms with Crippen LogP contribution in [0, 0.1) is 0 Å². The summed E-state index contributed by atoms with van der Waals surface area (Å²) in [6.07, 6.45) is 0. The van der Waals surface area contributed by atoms with Gasteiger partial charge in [-0.25, -0.2) is 0 Å². The first-order valence-corrected chi connectivity index (χ1v) is 8.74. The van der Waals surface area contributed by atoms with Crippen LogP contribution in [0.2, 0.25) is 10.0 Å². The zero-order chi connectivity index (χ0) is 16.2. The van der Waals surface area contributed by atoms with Gasteiger partial charge in [0, 0.05) is 15.3 Å². The Morgan fingerprint density at radius 1 is 0.913 bits per heavy atom. The van der Waals surface area contributed by atoms with E-state index in [-0.39, 0.29) is 11.7 Å². The minimum Gasteiger partial charge on any atom is -0.324 e. The fourth-order valence-corrected chi connectivity index (χ4v) is 3.70. The Labute approximate surface area is 148 Å². The zero-order valence-corrected chi connectivity index (χ0v) is 14.4. The molecule has 0 radical (unpaired) electrons. The highest BCUT2D eigenvalue weighted by molar-refractivity contribution is 8.00. The maximum absolute atomic E-state index is 12.1. The van der Waals surface area contributed by atoms with Gasteiger partial charge in [0.2, 0.25) is 5.91 Å². The van der Waals surface area contributed by atoms with Crippen molar-refractivity contribution in [3.8, 4) is 0 Å². The smallest absolute Gasteiger partial charge is 0.234 e. The van der Waals surface area contributed by atoms with Crippen LogP contribution >= 0.6 is 35.0 Å². The lowest BCUT2D eigenvalue weighted by atomic mass is 10.1. The average Bonchev–Trinajstić information content (AvgIpc) is 2.55. The molecule has 0 heterocycles. The number of fused-ring (bicyclic) bond motifs is 1. The number of carbonyl (C=O) groups excluding carboxylic acids is 1. The normalized spacial score (nSPS) is 10.7. The third-order valence-electron chi connectivity index (χ3n) is 3.32. The first-order valence-electron chi connectivity index (χ1n) is 6.99. The minimum atomic E-state index is -0.104. The molecule has 3 aromatic carbocycles. The number of carbonyl (C=O) groups is 1. The molecule has 1 amide bonds. The standard InChI is InChI=1S/C18H13Cl2NOS/c19-13-7-1-2-9-15(13)21-17(22)11-23-16-10-4-6-12-5-3-8-14(20)18(12)16/h1-10H,11H2,(H,21,22). The number of hydrogen-bond acceptors (Lipinski definition) is 2. The van der Waals surface area contributed by atoms with E-state index in [2.05, 4.69) is 5.32 Å². The largest absolute Gasteiger partial charge is 0.324 e. The lowest BCUT2D eigenvalue weighted by molar-refractivity contribution is -0.113. The number of halogens is 2. The first kappa shape index (κ1) is 16.2. The summed E-state index contributed by atoms with van der Waals surface area (Å²) in [6, 6.07) is 18.9. The monoisotopic (exact) mass is 361 g/mol. The van der Waals surface area contributed by atoms with Crippen LogP contribution in [0.25, 0.3) is 10.8 Å². The number of benzene rings is 3. The second-order valence-corrected chi connectivity index (χ2v) is 6.74. The fraction of sp³-hybridized carbons (Fsp3) is 0.0556. The summed E-state index contributed by atoms with van der Waals surface area (Å²) in [5.41, 5.74) is 0.621. The topological polar surface area (TPSA) is 29.1 Å². The summed E-state index contributed by atoms with van der Waals surface area (Å²) < 4.78 is 0. The van der Waals surface area contributed by atoms with Crippen LogP contribution < -0.4 is 5.32 Å². The molecule has 0 saturated carbocycles. The predicted octanol–water partition coefficient (Wildman–Crippen LogP) is 5.88. The van der Waals surface area contributed by atoms with Crippen molar-refractivity contribution in [2.24, 2.45) is 0 Å². The fourth-order valence-electron chi connectivity index (χ4n) is 2.27. The Morgan fingerprint density at radius 2 is 1.61 bits per heavy atom. The number of para-hydroxylation sites is 1. The Hall–Kier alpha value is -1.68. The van der Waals surface area contributed by atoms with Crippen LogP contribution in [-0.2, 0) is 4.79 Å². The van der Waals surface area contributed by atoms with Gasteiger partial charge in [0.15, 0.2) is 0 Å². The Bertz CT molecular complexity index is 861. The molecule has 1 N–H and O–H groups in total. The van der Waals surface area contributed by atoms with Crippen molar-refractivity contribution in [3.63, 3.8) is 0 Å². The summed E-state index contributed by atoms with van der Waals surface area (Å²) >= 11 is 13.8. The van der Waals surface area contributed by atoms with Crippen molar-refractivity contribution < 1.29 is 4.79 Å². The molecule has 2 nitrogen and oxygen atoms in total. The van der Waals surface area contributed by atoms with Crippen LogP contribution in [0.4, 0.5) is 5.69 Å². The molecule has 5 heteroatoms. The lowest BCUT2D eigenvalue weighted by Gasteiger charge is -2.09. The summed E-state index contributed by atoms with van der Waals surface area (Å²) in [7, 11) is 0. The molecule has 0 aliphatic heterocycles. The molecule has 0 aromatic heterocycles. The molecule has 0 spiro atoms. The van der Waals surface area contributed by atoms with Crippen molar-refractivity contribution >= 4 is 57.3 Å². The van der Waals surface area contributed by atoms with E-state index in [4.69, 9.17) is 23.2 Å². The van der Waals surface area contributed by atoms with E-state index in [1.54, 1.807) is 12.1 Å². The molecular formula is C18H13Cl2NOS. The predicted molar refractivity (Wildman–Crippen MR) is 99.8 cm³/mol. The molecule has 0 saturated heterocycles. The highest BCUT2D eigenvalue weighted by atomic mass is 35.5. The number of anilines is 1. The van der Waals surface area contributed by atoms with Crippen molar-refractivity contribution in [1.82, 2.24) is 0 Å². The molecule has 0 aliphatic rings. The molecule has 0 bridgehead atoms. The van der Waals surface area contributed by atoms with E-state index in [1.807, 2.05) is 48.5 Å². The quantitative estimate of drug-likeness (QED) is 0.588. The Morgan fingerprint density at radius 3 is 2.39 bits per heavy atom. The number of hydrogen-bond donors (Lipinski definition) is 1. The van der Waals surface area contributed by atoms with Gasteiger partial charge in [-0.2, -0.15) is 0 Å². The second-order valence-electron chi connectivity index (χ2n) is 4.91. The van der Waals surface area contributed by atoms with Crippen molar-refractivity contribution in [3.05, 3.63) is 70.7 Å². The van der Waals surface area contributed by atoms with E-state index in [0.717, 1.165) is 15.7 Å².